The van der Waals surface area contributed by atoms with Gasteiger partial charge in [-0.1, -0.05) is 18.2 Å². The van der Waals surface area contributed by atoms with Gasteiger partial charge in [-0.15, -0.1) is 5.11 Å². The zero-order chi connectivity index (χ0) is 19.0. The SMILES string of the molecule is O=C(C1N=NC2=COCCN21)N1CCC(c2ccccc2C(F)(F)F)CC1. The van der Waals surface area contributed by atoms with Crippen LogP contribution in [0.15, 0.2) is 46.6 Å². The second-order valence-corrected chi connectivity index (χ2v) is 6.81. The van der Waals surface area contributed by atoms with E-state index in [2.05, 4.69) is 10.2 Å². The largest absolute Gasteiger partial charge is 0.495 e. The van der Waals surface area contributed by atoms with Gasteiger partial charge in [0.05, 0.1) is 12.1 Å². The predicted octanol–water partition coefficient (Wildman–Crippen LogP) is 3.33. The average Bonchev–Trinajstić information content (AvgIpc) is 3.11. The molecular weight excluding hydrogens is 361 g/mol. The molecule has 1 atom stereocenters. The van der Waals surface area contributed by atoms with Crippen LogP contribution in [0.4, 0.5) is 13.2 Å². The minimum atomic E-state index is -4.37. The van der Waals surface area contributed by atoms with Crippen LogP contribution in [0.5, 0.6) is 0 Å². The van der Waals surface area contributed by atoms with Gasteiger partial charge in [-0.2, -0.15) is 18.3 Å². The zero-order valence-electron chi connectivity index (χ0n) is 14.5. The highest BCUT2D eigenvalue weighted by atomic mass is 19.4. The Bertz CT molecular complexity index is 785. The molecule has 4 rings (SSSR count). The lowest BCUT2D eigenvalue weighted by atomic mass is 9.86. The van der Waals surface area contributed by atoms with E-state index >= 15 is 0 Å². The van der Waals surface area contributed by atoms with Crippen LogP contribution in [-0.4, -0.2) is 48.1 Å². The van der Waals surface area contributed by atoms with Crippen LogP contribution in [-0.2, 0) is 15.7 Å². The maximum absolute atomic E-state index is 13.3. The molecule has 0 aliphatic carbocycles. The summed E-state index contributed by atoms with van der Waals surface area (Å²) in [6.07, 6.45) is -2.59. The van der Waals surface area contributed by atoms with E-state index in [1.165, 1.54) is 12.3 Å². The van der Waals surface area contributed by atoms with Gasteiger partial charge in [-0.3, -0.25) is 4.79 Å². The first-order chi connectivity index (χ1) is 12.9. The molecule has 0 spiro atoms. The van der Waals surface area contributed by atoms with Crippen molar-refractivity contribution in [3.8, 4) is 0 Å². The van der Waals surface area contributed by atoms with E-state index in [1.807, 2.05) is 0 Å². The molecule has 0 aromatic heterocycles. The van der Waals surface area contributed by atoms with E-state index in [-0.39, 0.29) is 11.8 Å². The highest BCUT2D eigenvalue weighted by Gasteiger charge is 2.39. The van der Waals surface area contributed by atoms with Crippen molar-refractivity contribution in [3.05, 3.63) is 47.5 Å². The summed E-state index contributed by atoms with van der Waals surface area (Å²) in [5.74, 6) is 0.163. The molecule has 1 unspecified atom stereocenters. The third-order valence-electron chi connectivity index (χ3n) is 5.23. The topological polar surface area (TPSA) is 57.5 Å². The van der Waals surface area contributed by atoms with E-state index < -0.39 is 17.9 Å². The average molecular weight is 380 g/mol. The molecule has 144 valence electrons. The molecule has 6 nitrogen and oxygen atoms in total. The number of ether oxygens (including phenoxy) is 1. The number of likely N-dealkylation sites (tertiary alicyclic amines) is 1. The van der Waals surface area contributed by atoms with Crippen LogP contribution >= 0.6 is 0 Å². The molecule has 1 aromatic carbocycles. The maximum atomic E-state index is 13.3. The minimum absolute atomic E-state index is 0.161. The summed E-state index contributed by atoms with van der Waals surface area (Å²) in [5.41, 5.74) is -0.265. The molecule has 1 amide bonds. The molecule has 27 heavy (non-hydrogen) atoms. The number of nitrogens with zero attached hydrogens (tertiary/aromatic N) is 4. The molecule has 1 saturated heterocycles. The molecule has 1 aromatic rings. The van der Waals surface area contributed by atoms with Crippen LogP contribution in [0, 0.1) is 0 Å². The highest BCUT2D eigenvalue weighted by Crippen LogP contribution is 2.39. The Morgan fingerprint density at radius 3 is 2.63 bits per heavy atom. The Labute approximate surface area is 154 Å². The number of hydrogen-bond donors (Lipinski definition) is 0. The molecule has 1 fully saturated rings. The number of azo groups is 1. The normalized spacial score (nSPS) is 23.1. The van der Waals surface area contributed by atoms with Gasteiger partial charge in [0, 0.05) is 13.1 Å². The lowest BCUT2D eigenvalue weighted by Gasteiger charge is -2.35. The number of benzene rings is 1. The lowest BCUT2D eigenvalue weighted by Crippen LogP contribution is -2.49. The molecule has 0 saturated carbocycles. The number of amides is 1. The smallest absolute Gasteiger partial charge is 0.416 e. The van der Waals surface area contributed by atoms with Crippen LogP contribution < -0.4 is 0 Å². The number of rotatable bonds is 2. The number of carbonyl (C=O) groups excluding carboxylic acids is 1. The van der Waals surface area contributed by atoms with E-state index in [1.54, 1.807) is 21.9 Å². The van der Waals surface area contributed by atoms with Crippen molar-refractivity contribution in [1.82, 2.24) is 9.80 Å². The first-order valence-corrected chi connectivity index (χ1v) is 8.89. The Kier molecular flexibility index (Phi) is 4.53. The highest BCUT2D eigenvalue weighted by molar-refractivity contribution is 5.82. The van der Waals surface area contributed by atoms with Crippen molar-refractivity contribution in [3.63, 3.8) is 0 Å². The standard InChI is InChI=1S/C18H19F3N4O2/c19-18(20,21)14-4-2-1-3-13(14)12-5-7-24(8-6-12)17(26)16-23-22-15-11-27-10-9-25(15)16/h1-4,11-12,16H,5-10H2. The Balaban J connectivity index is 1.43. The molecule has 9 heteroatoms. The maximum Gasteiger partial charge on any atom is 0.416 e. The van der Waals surface area contributed by atoms with Gasteiger partial charge in [0.25, 0.3) is 5.91 Å². The summed E-state index contributed by atoms with van der Waals surface area (Å²) in [6, 6.07) is 5.70. The number of halogens is 3. The second-order valence-electron chi connectivity index (χ2n) is 6.81. The third-order valence-corrected chi connectivity index (χ3v) is 5.23. The quantitative estimate of drug-likeness (QED) is 0.791. The summed E-state index contributed by atoms with van der Waals surface area (Å²) < 4.78 is 45.0. The van der Waals surface area contributed by atoms with Crippen molar-refractivity contribution in [2.45, 2.75) is 31.1 Å². The predicted molar refractivity (Wildman–Crippen MR) is 89.4 cm³/mol. The van der Waals surface area contributed by atoms with Crippen LogP contribution in [0.1, 0.15) is 29.9 Å². The van der Waals surface area contributed by atoms with Gasteiger partial charge >= 0.3 is 6.18 Å². The molecular formula is C18H19F3N4O2. The Hall–Kier alpha value is -2.58. The summed E-state index contributed by atoms with van der Waals surface area (Å²) in [4.78, 5) is 16.3. The van der Waals surface area contributed by atoms with Crippen molar-refractivity contribution in [2.24, 2.45) is 10.2 Å². The summed E-state index contributed by atoms with van der Waals surface area (Å²) >= 11 is 0. The van der Waals surface area contributed by atoms with Crippen molar-refractivity contribution in [1.29, 1.82) is 0 Å². The molecule has 3 aliphatic heterocycles. The lowest BCUT2D eigenvalue weighted by molar-refractivity contribution is -0.140. The van der Waals surface area contributed by atoms with Gasteiger partial charge in [0.2, 0.25) is 6.17 Å². The monoisotopic (exact) mass is 380 g/mol. The van der Waals surface area contributed by atoms with E-state index in [0.29, 0.717) is 50.5 Å². The molecule has 0 N–H and O–H groups in total. The van der Waals surface area contributed by atoms with Crippen molar-refractivity contribution >= 4 is 5.91 Å². The summed E-state index contributed by atoms with van der Waals surface area (Å²) in [7, 11) is 0. The molecule has 3 aliphatic rings. The minimum Gasteiger partial charge on any atom is -0.495 e. The van der Waals surface area contributed by atoms with E-state index in [9.17, 15) is 18.0 Å². The third kappa shape index (κ3) is 3.38. The summed E-state index contributed by atoms with van der Waals surface area (Å²) in [5, 5.41) is 8.01. The van der Waals surface area contributed by atoms with Crippen LogP contribution in [0.25, 0.3) is 0 Å². The first-order valence-electron chi connectivity index (χ1n) is 8.89. The van der Waals surface area contributed by atoms with Crippen LogP contribution in [0.3, 0.4) is 0 Å². The fraction of sp³-hybridized carbons (Fsp3) is 0.500. The number of fused-ring (bicyclic) bond motifs is 1. The van der Waals surface area contributed by atoms with E-state index in [0.717, 1.165) is 6.07 Å². The number of alkyl halides is 3. The second kappa shape index (κ2) is 6.86. The number of hydrogen-bond acceptors (Lipinski definition) is 5. The van der Waals surface area contributed by atoms with E-state index in [4.69, 9.17) is 4.74 Å². The van der Waals surface area contributed by atoms with Crippen molar-refractivity contribution < 1.29 is 22.7 Å². The fourth-order valence-corrected chi connectivity index (χ4v) is 3.84. The van der Waals surface area contributed by atoms with Gasteiger partial charge in [-0.25, -0.2) is 0 Å². The zero-order valence-corrected chi connectivity index (χ0v) is 14.5. The van der Waals surface area contributed by atoms with Gasteiger partial charge in [0.1, 0.15) is 12.9 Å². The van der Waals surface area contributed by atoms with Gasteiger partial charge in [0.15, 0.2) is 5.82 Å². The Morgan fingerprint density at radius 2 is 1.89 bits per heavy atom. The van der Waals surface area contributed by atoms with Gasteiger partial charge in [-0.05, 0) is 30.4 Å². The van der Waals surface area contributed by atoms with Crippen LogP contribution in [0.2, 0.25) is 0 Å². The molecule has 0 bridgehead atoms. The summed E-state index contributed by atoms with van der Waals surface area (Å²) in [6.45, 7) is 1.81. The Morgan fingerprint density at radius 1 is 1.15 bits per heavy atom. The molecule has 3 heterocycles. The van der Waals surface area contributed by atoms with Crippen molar-refractivity contribution in [2.75, 3.05) is 26.2 Å². The number of carbonyl (C=O) groups is 1. The fourth-order valence-electron chi connectivity index (χ4n) is 3.84. The molecule has 0 radical (unpaired) electrons. The number of piperidine rings is 1. The first kappa shape index (κ1) is 17.8. The van der Waals surface area contributed by atoms with Gasteiger partial charge < -0.3 is 14.5 Å².